The van der Waals surface area contributed by atoms with E-state index in [0.717, 1.165) is 21.3 Å². The molecule has 0 fully saturated rings. The molecule has 25 heavy (non-hydrogen) atoms. The number of aromatic nitrogens is 2. The number of carbonyl (C=O) groups excluding carboxylic acids is 1. The number of nitrogens with one attached hydrogen (secondary N) is 2. The van der Waals surface area contributed by atoms with E-state index in [1.54, 1.807) is 24.7 Å². The van der Waals surface area contributed by atoms with Crippen LogP contribution in [0.3, 0.4) is 0 Å². The van der Waals surface area contributed by atoms with E-state index in [-0.39, 0.29) is 5.91 Å². The maximum Gasteiger partial charge on any atom is 0.229 e. The normalized spacial score (nSPS) is 10.3. The van der Waals surface area contributed by atoms with Crippen LogP contribution in [0, 0.1) is 0 Å². The summed E-state index contributed by atoms with van der Waals surface area (Å²) in [4.78, 5) is 20.4. The number of anilines is 2. The molecular formula is C19H17BrN4O. The van der Waals surface area contributed by atoms with E-state index in [1.165, 1.54) is 0 Å². The second-order valence-electron chi connectivity index (χ2n) is 5.46. The Labute approximate surface area is 154 Å². The van der Waals surface area contributed by atoms with Crippen molar-refractivity contribution in [2.45, 2.75) is 13.0 Å². The Morgan fingerprint density at radius 3 is 2.56 bits per heavy atom. The van der Waals surface area contributed by atoms with Crippen molar-refractivity contribution in [3.8, 4) is 0 Å². The lowest BCUT2D eigenvalue weighted by Gasteiger charge is -2.08. The van der Waals surface area contributed by atoms with Crippen molar-refractivity contribution in [2.24, 2.45) is 0 Å². The highest BCUT2D eigenvalue weighted by molar-refractivity contribution is 9.10. The number of carbonyl (C=O) groups is 1. The molecule has 0 aliphatic rings. The molecule has 5 nitrogen and oxygen atoms in total. The standard InChI is InChI=1S/C19H17BrN4O/c20-17-4-2-1-3-15(17)11-19(25)24-18-6-5-16(13-23-18)22-12-14-7-9-21-10-8-14/h1-10,13,22H,11-12H2,(H,23,24,25). The lowest BCUT2D eigenvalue weighted by Crippen LogP contribution is -2.15. The summed E-state index contributed by atoms with van der Waals surface area (Å²) in [6.07, 6.45) is 5.53. The highest BCUT2D eigenvalue weighted by atomic mass is 79.9. The van der Waals surface area contributed by atoms with Crippen molar-refractivity contribution in [1.29, 1.82) is 0 Å². The Morgan fingerprint density at radius 1 is 1.04 bits per heavy atom. The molecule has 2 aromatic heterocycles. The quantitative estimate of drug-likeness (QED) is 0.659. The number of pyridine rings is 2. The molecule has 0 atom stereocenters. The smallest absolute Gasteiger partial charge is 0.229 e. The zero-order valence-corrected chi connectivity index (χ0v) is 15.0. The van der Waals surface area contributed by atoms with Crippen LogP contribution in [0.1, 0.15) is 11.1 Å². The van der Waals surface area contributed by atoms with Gasteiger partial charge in [0.2, 0.25) is 5.91 Å². The van der Waals surface area contributed by atoms with Gasteiger partial charge in [0.25, 0.3) is 0 Å². The lowest BCUT2D eigenvalue weighted by atomic mass is 10.1. The molecule has 6 heteroatoms. The van der Waals surface area contributed by atoms with Crippen LogP contribution >= 0.6 is 15.9 Å². The van der Waals surface area contributed by atoms with E-state index in [2.05, 4.69) is 36.5 Å². The topological polar surface area (TPSA) is 66.9 Å². The Morgan fingerprint density at radius 2 is 1.84 bits per heavy atom. The molecule has 0 bridgehead atoms. The van der Waals surface area contributed by atoms with Crippen LogP contribution in [0.4, 0.5) is 11.5 Å². The average Bonchev–Trinajstić information content (AvgIpc) is 2.64. The first-order chi connectivity index (χ1) is 12.2. The van der Waals surface area contributed by atoms with Gasteiger partial charge in [0, 0.05) is 23.4 Å². The average molecular weight is 397 g/mol. The monoisotopic (exact) mass is 396 g/mol. The summed E-state index contributed by atoms with van der Waals surface area (Å²) in [6, 6.07) is 15.3. The van der Waals surface area contributed by atoms with Crippen molar-refractivity contribution in [3.63, 3.8) is 0 Å². The fourth-order valence-electron chi connectivity index (χ4n) is 2.28. The van der Waals surface area contributed by atoms with E-state index in [4.69, 9.17) is 0 Å². The van der Waals surface area contributed by atoms with Crippen molar-refractivity contribution in [1.82, 2.24) is 9.97 Å². The molecule has 0 saturated carbocycles. The molecule has 1 aromatic carbocycles. The van der Waals surface area contributed by atoms with Crippen molar-refractivity contribution in [3.05, 3.63) is 82.7 Å². The lowest BCUT2D eigenvalue weighted by molar-refractivity contribution is -0.115. The van der Waals surface area contributed by atoms with Crippen molar-refractivity contribution < 1.29 is 4.79 Å². The predicted molar refractivity (Wildman–Crippen MR) is 102 cm³/mol. The highest BCUT2D eigenvalue weighted by Crippen LogP contribution is 2.17. The summed E-state index contributed by atoms with van der Waals surface area (Å²) >= 11 is 3.45. The Bertz CT molecular complexity index is 838. The largest absolute Gasteiger partial charge is 0.380 e. The molecule has 126 valence electrons. The minimum Gasteiger partial charge on any atom is -0.380 e. The Kier molecular flexibility index (Phi) is 5.74. The molecule has 0 radical (unpaired) electrons. The summed E-state index contributed by atoms with van der Waals surface area (Å²) in [5, 5.41) is 6.09. The van der Waals surface area contributed by atoms with Gasteiger partial charge in [0.1, 0.15) is 5.82 Å². The first-order valence-electron chi connectivity index (χ1n) is 7.83. The van der Waals surface area contributed by atoms with E-state index >= 15 is 0 Å². The Balaban J connectivity index is 1.53. The zero-order chi connectivity index (χ0) is 17.5. The molecule has 0 saturated heterocycles. The number of hydrogen-bond donors (Lipinski definition) is 2. The molecule has 1 amide bonds. The Hall–Kier alpha value is -2.73. The first kappa shape index (κ1) is 17.1. The number of nitrogens with zero attached hydrogens (tertiary/aromatic N) is 2. The maximum absolute atomic E-state index is 12.1. The first-order valence-corrected chi connectivity index (χ1v) is 8.62. The third kappa shape index (κ3) is 5.12. The van der Waals surface area contributed by atoms with Crippen LogP contribution in [0.15, 0.2) is 71.6 Å². The van der Waals surface area contributed by atoms with Crippen LogP contribution in [0.25, 0.3) is 0 Å². The fraction of sp³-hybridized carbons (Fsp3) is 0.105. The van der Waals surface area contributed by atoms with Crippen LogP contribution in [-0.4, -0.2) is 15.9 Å². The van der Waals surface area contributed by atoms with Gasteiger partial charge in [-0.2, -0.15) is 0 Å². The molecular weight excluding hydrogens is 380 g/mol. The molecule has 0 aliphatic carbocycles. The molecule has 0 unspecified atom stereocenters. The number of halogens is 1. The number of rotatable bonds is 6. The molecule has 3 rings (SSSR count). The molecule has 0 spiro atoms. The second-order valence-corrected chi connectivity index (χ2v) is 6.31. The van der Waals surface area contributed by atoms with Gasteiger partial charge in [-0.25, -0.2) is 4.98 Å². The van der Waals surface area contributed by atoms with Crippen molar-refractivity contribution >= 4 is 33.3 Å². The third-order valence-electron chi connectivity index (χ3n) is 3.59. The van der Waals surface area contributed by atoms with E-state index in [1.807, 2.05) is 42.5 Å². The van der Waals surface area contributed by atoms with Crippen LogP contribution in [0.2, 0.25) is 0 Å². The van der Waals surface area contributed by atoms with Gasteiger partial charge in [-0.05, 0) is 41.5 Å². The van der Waals surface area contributed by atoms with Gasteiger partial charge in [0.15, 0.2) is 0 Å². The van der Waals surface area contributed by atoms with E-state index in [0.29, 0.717) is 18.8 Å². The SMILES string of the molecule is O=C(Cc1ccccc1Br)Nc1ccc(NCc2ccncc2)cn1. The van der Waals surface area contributed by atoms with Gasteiger partial charge >= 0.3 is 0 Å². The molecule has 2 N–H and O–H groups in total. The predicted octanol–water partition coefficient (Wildman–Crippen LogP) is 4.03. The second kappa shape index (κ2) is 8.39. The number of hydrogen-bond acceptors (Lipinski definition) is 4. The molecule has 3 aromatic rings. The summed E-state index contributed by atoms with van der Waals surface area (Å²) in [7, 11) is 0. The summed E-state index contributed by atoms with van der Waals surface area (Å²) < 4.78 is 0.925. The summed E-state index contributed by atoms with van der Waals surface area (Å²) in [5.74, 6) is 0.434. The molecule has 0 aliphatic heterocycles. The van der Waals surface area contributed by atoms with E-state index < -0.39 is 0 Å². The molecule has 2 heterocycles. The van der Waals surface area contributed by atoms with Crippen LogP contribution in [-0.2, 0) is 17.8 Å². The minimum absolute atomic E-state index is 0.100. The van der Waals surface area contributed by atoms with Crippen LogP contribution in [0.5, 0.6) is 0 Å². The number of benzene rings is 1. The van der Waals surface area contributed by atoms with E-state index in [9.17, 15) is 4.79 Å². The maximum atomic E-state index is 12.1. The van der Waals surface area contributed by atoms with Crippen LogP contribution < -0.4 is 10.6 Å². The van der Waals surface area contributed by atoms with Gasteiger partial charge in [0.05, 0.1) is 18.3 Å². The number of amides is 1. The fourth-order valence-corrected chi connectivity index (χ4v) is 2.70. The summed E-state index contributed by atoms with van der Waals surface area (Å²) in [6.45, 7) is 0.692. The minimum atomic E-state index is -0.100. The van der Waals surface area contributed by atoms with Gasteiger partial charge in [-0.3, -0.25) is 9.78 Å². The third-order valence-corrected chi connectivity index (χ3v) is 4.36. The highest BCUT2D eigenvalue weighted by Gasteiger charge is 2.07. The van der Waals surface area contributed by atoms with Gasteiger partial charge in [-0.1, -0.05) is 34.1 Å². The zero-order valence-electron chi connectivity index (χ0n) is 13.4. The summed E-state index contributed by atoms with van der Waals surface area (Å²) in [5.41, 5.74) is 2.97. The van der Waals surface area contributed by atoms with Gasteiger partial charge < -0.3 is 10.6 Å². The van der Waals surface area contributed by atoms with Gasteiger partial charge in [-0.15, -0.1) is 0 Å². The van der Waals surface area contributed by atoms with Crippen molar-refractivity contribution in [2.75, 3.05) is 10.6 Å².